The second-order valence-electron chi connectivity index (χ2n) is 6.40. The van der Waals surface area contributed by atoms with Crippen molar-refractivity contribution in [3.8, 4) is 5.75 Å². The zero-order valence-corrected chi connectivity index (χ0v) is 16.2. The van der Waals surface area contributed by atoms with Gasteiger partial charge in [-0.2, -0.15) is 0 Å². The number of benzene rings is 3. The molecule has 0 atom stereocenters. The Morgan fingerprint density at radius 2 is 1.71 bits per heavy atom. The van der Waals surface area contributed by atoms with Gasteiger partial charge in [0, 0.05) is 5.56 Å². The van der Waals surface area contributed by atoms with E-state index in [1.165, 1.54) is 4.90 Å². The van der Waals surface area contributed by atoms with E-state index >= 15 is 0 Å². The van der Waals surface area contributed by atoms with Crippen molar-refractivity contribution in [3.05, 3.63) is 77.2 Å². The summed E-state index contributed by atoms with van der Waals surface area (Å²) in [6, 6.07) is 20.9. The van der Waals surface area contributed by atoms with Crippen molar-refractivity contribution >= 4 is 45.4 Å². The first kappa shape index (κ1) is 18.3. The van der Waals surface area contributed by atoms with Crippen LogP contribution in [0.1, 0.15) is 18.9 Å². The Bertz CT molecular complexity index is 1080. The molecule has 1 saturated heterocycles. The third-order valence-corrected chi connectivity index (χ3v) is 5.35. The molecule has 0 saturated carbocycles. The van der Waals surface area contributed by atoms with E-state index in [0.717, 1.165) is 34.5 Å². The van der Waals surface area contributed by atoms with Crippen LogP contribution in [-0.4, -0.2) is 17.8 Å². The molecule has 28 heavy (non-hydrogen) atoms. The van der Waals surface area contributed by atoms with Crippen LogP contribution in [0.25, 0.3) is 16.8 Å². The molecule has 0 bridgehead atoms. The summed E-state index contributed by atoms with van der Waals surface area (Å²) in [5, 5.41) is 1.75. The first-order valence-corrected chi connectivity index (χ1v) is 9.98. The molecule has 0 unspecified atom stereocenters. The Morgan fingerprint density at radius 3 is 2.50 bits per heavy atom. The minimum absolute atomic E-state index is 0.293. The quantitative estimate of drug-likeness (QED) is 0.512. The van der Waals surface area contributed by atoms with Gasteiger partial charge in [0.05, 0.1) is 17.2 Å². The lowest BCUT2D eigenvalue weighted by Crippen LogP contribution is -2.27. The summed E-state index contributed by atoms with van der Waals surface area (Å²) in [4.78, 5) is 27.1. The SMILES string of the molecule is CCCOc1ccc2ccccc2c1/C=C1/SC(=O)N(c2ccccc2)C1=O. The fourth-order valence-corrected chi connectivity index (χ4v) is 3.98. The molecule has 0 N–H and O–H groups in total. The molecule has 1 aliphatic rings. The van der Waals surface area contributed by atoms with Gasteiger partial charge >= 0.3 is 0 Å². The van der Waals surface area contributed by atoms with Crippen LogP contribution in [0.4, 0.5) is 10.5 Å². The fourth-order valence-electron chi connectivity index (χ4n) is 3.16. The standard InChI is InChI=1S/C23H19NO3S/c1-2-14-27-20-13-12-16-8-6-7-11-18(16)19(20)15-21-22(25)24(23(26)28-21)17-9-4-3-5-10-17/h3-13,15H,2,14H2,1H3/b21-15+. The molecule has 0 spiro atoms. The molecule has 0 aromatic heterocycles. The second-order valence-corrected chi connectivity index (χ2v) is 7.39. The van der Waals surface area contributed by atoms with Crippen LogP contribution in [-0.2, 0) is 4.79 Å². The van der Waals surface area contributed by atoms with Gasteiger partial charge in [0.15, 0.2) is 0 Å². The number of imide groups is 1. The Kier molecular flexibility index (Phi) is 5.17. The van der Waals surface area contributed by atoms with E-state index in [1.54, 1.807) is 18.2 Å². The Balaban J connectivity index is 1.79. The van der Waals surface area contributed by atoms with Gasteiger partial charge in [-0.1, -0.05) is 55.5 Å². The number of amides is 2. The molecule has 2 amide bonds. The van der Waals surface area contributed by atoms with Crippen LogP contribution < -0.4 is 9.64 Å². The van der Waals surface area contributed by atoms with Crippen LogP contribution in [0.2, 0.25) is 0 Å². The number of carbonyl (C=O) groups is 2. The van der Waals surface area contributed by atoms with E-state index in [4.69, 9.17) is 4.74 Å². The minimum Gasteiger partial charge on any atom is -0.493 e. The van der Waals surface area contributed by atoms with Crippen molar-refractivity contribution in [1.29, 1.82) is 0 Å². The van der Waals surface area contributed by atoms with Crippen LogP contribution in [0, 0.1) is 0 Å². The topological polar surface area (TPSA) is 46.6 Å². The number of fused-ring (bicyclic) bond motifs is 1. The van der Waals surface area contributed by atoms with E-state index < -0.39 is 0 Å². The largest absolute Gasteiger partial charge is 0.493 e. The third kappa shape index (κ3) is 3.41. The highest BCUT2D eigenvalue weighted by Crippen LogP contribution is 2.38. The normalized spacial score (nSPS) is 15.6. The maximum absolute atomic E-state index is 13.0. The molecule has 0 aliphatic carbocycles. The smallest absolute Gasteiger partial charge is 0.298 e. The van der Waals surface area contributed by atoms with Gasteiger partial charge in [0.2, 0.25) is 0 Å². The lowest BCUT2D eigenvalue weighted by atomic mass is 10.0. The van der Waals surface area contributed by atoms with Crippen LogP contribution in [0.15, 0.2) is 71.6 Å². The van der Waals surface area contributed by atoms with Crippen molar-refractivity contribution < 1.29 is 14.3 Å². The van der Waals surface area contributed by atoms with Crippen molar-refractivity contribution in [3.63, 3.8) is 0 Å². The zero-order valence-electron chi connectivity index (χ0n) is 15.4. The molecule has 4 rings (SSSR count). The number of rotatable bonds is 5. The van der Waals surface area contributed by atoms with E-state index in [1.807, 2.05) is 61.5 Å². The Hall–Kier alpha value is -3.05. The predicted molar refractivity (Wildman–Crippen MR) is 115 cm³/mol. The number of thioether (sulfide) groups is 1. The van der Waals surface area contributed by atoms with E-state index in [2.05, 4.69) is 0 Å². The molecule has 1 aliphatic heterocycles. The summed E-state index contributed by atoms with van der Waals surface area (Å²) in [6.45, 7) is 2.64. The lowest BCUT2D eigenvalue weighted by molar-refractivity contribution is -0.113. The molecule has 3 aromatic carbocycles. The van der Waals surface area contributed by atoms with Gasteiger partial charge < -0.3 is 4.74 Å². The highest BCUT2D eigenvalue weighted by molar-refractivity contribution is 8.19. The van der Waals surface area contributed by atoms with Crippen LogP contribution in [0.3, 0.4) is 0 Å². The van der Waals surface area contributed by atoms with Gasteiger partial charge in [0.25, 0.3) is 11.1 Å². The summed E-state index contributed by atoms with van der Waals surface area (Å²) < 4.78 is 5.91. The number of para-hydroxylation sites is 1. The van der Waals surface area contributed by atoms with E-state index in [0.29, 0.717) is 22.9 Å². The number of nitrogens with zero attached hydrogens (tertiary/aromatic N) is 1. The maximum atomic E-state index is 13.0. The summed E-state index contributed by atoms with van der Waals surface area (Å²) in [5.41, 5.74) is 1.40. The molecule has 4 nitrogen and oxygen atoms in total. The van der Waals surface area contributed by atoms with Crippen LogP contribution in [0.5, 0.6) is 5.75 Å². The van der Waals surface area contributed by atoms with Gasteiger partial charge in [-0.15, -0.1) is 0 Å². The summed E-state index contributed by atoms with van der Waals surface area (Å²) in [6.07, 6.45) is 2.66. The lowest BCUT2D eigenvalue weighted by Gasteiger charge is -2.13. The Morgan fingerprint density at radius 1 is 0.964 bits per heavy atom. The highest BCUT2D eigenvalue weighted by Gasteiger charge is 2.36. The number of anilines is 1. The zero-order chi connectivity index (χ0) is 19.5. The van der Waals surface area contributed by atoms with Crippen molar-refractivity contribution in [2.24, 2.45) is 0 Å². The summed E-state index contributed by atoms with van der Waals surface area (Å²) >= 11 is 0.956. The number of carbonyl (C=O) groups excluding carboxylic acids is 2. The average molecular weight is 389 g/mol. The van der Waals surface area contributed by atoms with Gasteiger partial charge in [-0.25, -0.2) is 4.90 Å². The van der Waals surface area contributed by atoms with E-state index in [-0.39, 0.29) is 11.1 Å². The van der Waals surface area contributed by atoms with Crippen LogP contribution >= 0.6 is 11.8 Å². The molecule has 140 valence electrons. The Labute approximate surface area is 167 Å². The van der Waals surface area contributed by atoms with Gasteiger partial charge in [-0.05, 0) is 53.2 Å². The number of hydrogen-bond acceptors (Lipinski definition) is 4. The maximum Gasteiger partial charge on any atom is 0.298 e. The van der Waals surface area contributed by atoms with Crippen molar-refractivity contribution in [1.82, 2.24) is 0 Å². The third-order valence-electron chi connectivity index (χ3n) is 4.48. The molecule has 1 fully saturated rings. The fraction of sp³-hybridized carbons (Fsp3) is 0.130. The average Bonchev–Trinajstić information content (AvgIpc) is 3.01. The van der Waals surface area contributed by atoms with Gasteiger partial charge in [0.1, 0.15) is 5.75 Å². The molecular formula is C23H19NO3S. The predicted octanol–water partition coefficient (Wildman–Crippen LogP) is 5.87. The monoisotopic (exact) mass is 389 g/mol. The highest BCUT2D eigenvalue weighted by atomic mass is 32.2. The number of hydrogen-bond donors (Lipinski definition) is 0. The molecule has 3 aromatic rings. The minimum atomic E-state index is -0.310. The molecular weight excluding hydrogens is 370 g/mol. The summed E-state index contributed by atoms with van der Waals surface area (Å²) in [5.74, 6) is 0.405. The molecule has 0 radical (unpaired) electrons. The van der Waals surface area contributed by atoms with Gasteiger partial charge in [-0.3, -0.25) is 9.59 Å². The first-order valence-electron chi connectivity index (χ1n) is 9.16. The first-order chi connectivity index (χ1) is 13.7. The second kappa shape index (κ2) is 7.90. The molecule has 1 heterocycles. The van der Waals surface area contributed by atoms with Crippen molar-refractivity contribution in [2.45, 2.75) is 13.3 Å². The summed E-state index contributed by atoms with van der Waals surface area (Å²) in [7, 11) is 0. The van der Waals surface area contributed by atoms with E-state index in [9.17, 15) is 9.59 Å². The number of ether oxygens (including phenoxy) is 1. The van der Waals surface area contributed by atoms with Crippen molar-refractivity contribution in [2.75, 3.05) is 11.5 Å². The molecule has 5 heteroatoms.